The lowest BCUT2D eigenvalue weighted by Gasteiger charge is -2.27. The molecule has 0 spiro atoms. The summed E-state index contributed by atoms with van der Waals surface area (Å²) in [6, 6.07) is 9.86. The average molecular weight is 341 g/mol. The fourth-order valence-corrected chi connectivity index (χ4v) is 2.75. The third-order valence-corrected chi connectivity index (χ3v) is 4.03. The molecule has 3 heterocycles. The molecule has 0 atom stereocenters. The summed E-state index contributed by atoms with van der Waals surface area (Å²) in [7, 11) is 0. The third kappa shape index (κ3) is 4.12. The molecule has 1 fully saturated rings. The Morgan fingerprint density at radius 3 is 2.40 bits per heavy atom. The zero-order valence-corrected chi connectivity index (χ0v) is 13.8. The number of carbonyl (C=O) groups is 1. The first-order valence-electron chi connectivity index (χ1n) is 8.25. The van der Waals surface area contributed by atoms with Crippen molar-refractivity contribution in [1.82, 2.24) is 14.6 Å². The largest absolute Gasteiger partial charge is 0.365 e. The Bertz CT molecular complexity index is 843. The maximum Gasteiger partial charge on any atom is 0.254 e. The van der Waals surface area contributed by atoms with Crippen LogP contribution in [0, 0.1) is 5.82 Å². The minimum atomic E-state index is -0.492. The lowest BCUT2D eigenvalue weighted by molar-refractivity contribution is 0.100. The molecule has 6 nitrogen and oxygen atoms in total. The van der Waals surface area contributed by atoms with E-state index in [0.29, 0.717) is 11.2 Å². The number of nitrogens with two attached hydrogens (primary N) is 1. The van der Waals surface area contributed by atoms with Crippen molar-refractivity contribution in [3.8, 4) is 0 Å². The van der Waals surface area contributed by atoms with E-state index in [1.165, 1.54) is 37.6 Å². The van der Waals surface area contributed by atoms with Crippen molar-refractivity contribution in [3.63, 3.8) is 0 Å². The molecule has 7 heteroatoms. The number of hydrogen-bond acceptors (Lipinski definition) is 4. The van der Waals surface area contributed by atoms with E-state index in [-0.39, 0.29) is 5.82 Å². The van der Waals surface area contributed by atoms with E-state index in [4.69, 9.17) is 5.73 Å². The van der Waals surface area contributed by atoms with Crippen molar-refractivity contribution in [3.05, 3.63) is 60.2 Å². The lowest BCUT2D eigenvalue weighted by atomic mass is 10.1. The van der Waals surface area contributed by atoms with Gasteiger partial charge in [0, 0.05) is 19.3 Å². The Labute approximate surface area is 145 Å². The summed E-state index contributed by atoms with van der Waals surface area (Å²) in [5.74, 6) is 0.223. The molecule has 1 aliphatic rings. The number of anilines is 1. The van der Waals surface area contributed by atoms with Crippen molar-refractivity contribution in [1.29, 1.82) is 0 Å². The molecular formula is C18H20FN5O. The van der Waals surface area contributed by atoms with Crippen molar-refractivity contribution >= 4 is 17.4 Å². The van der Waals surface area contributed by atoms with E-state index in [0.717, 1.165) is 18.9 Å². The first kappa shape index (κ1) is 16.9. The number of carbonyl (C=O) groups excluding carboxylic acids is 1. The summed E-state index contributed by atoms with van der Waals surface area (Å²) >= 11 is 0. The van der Waals surface area contributed by atoms with Crippen LogP contribution in [-0.4, -0.2) is 33.6 Å². The molecule has 25 heavy (non-hydrogen) atoms. The zero-order chi connectivity index (χ0) is 17.6. The standard InChI is InChI=1S/C12H15N5O.C6H5F/c13-11(18)9-8-14-17-7-4-10(15-12(9)17)16-5-2-1-3-6-16;7-6-4-2-1-3-5-6/h4,7-8H,1-3,5-6H2,(H2,13,18);1-5H. The SMILES string of the molecule is Fc1ccccc1.NC(=O)c1cnn2ccc(N3CCCCC3)nc12. The molecule has 0 saturated carbocycles. The lowest BCUT2D eigenvalue weighted by Crippen LogP contribution is -2.30. The topological polar surface area (TPSA) is 76.5 Å². The van der Waals surface area contributed by atoms with Gasteiger partial charge in [0.05, 0.1) is 6.20 Å². The van der Waals surface area contributed by atoms with E-state index in [1.54, 1.807) is 22.7 Å². The van der Waals surface area contributed by atoms with Crippen LogP contribution in [0.2, 0.25) is 0 Å². The summed E-state index contributed by atoms with van der Waals surface area (Å²) < 4.78 is 13.5. The van der Waals surface area contributed by atoms with Crippen molar-refractivity contribution in [2.75, 3.05) is 18.0 Å². The molecule has 0 unspecified atom stereocenters. The minimum absolute atomic E-state index is 0.178. The number of halogens is 1. The van der Waals surface area contributed by atoms with Gasteiger partial charge in [0.2, 0.25) is 0 Å². The van der Waals surface area contributed by atoms with Gasteiger partial charge in [-0.3, -0.25) is 4.79 Å². The first-order chi connectivity index (χ1) is 12.1. The van der Waals surface area contributed by atoms with E-state index in [1.807, 2.05) is 12.3 Å². The molecular weight excluding hydrogens is 321 g/mol. The fraction of sp³-hybridized carbons (Fsp3) is 0.278. The molecule has 0 bridgehead atoms. The molecule has 4 rings (SSSR count). The summed E-state index contributed by atoms with van der Waals surface area (Å²) in [6.45, 7) is 2.03. The highest BCUT2D eigenvalue weighted by Gasteiger charge is 2.15. The molecule has 3 aromatic rings. The first-order valence-corrected chi connectivity index (χ1v) is 8.25. The number of piperidine rings is 1. The van der Waals surface area contributed by atoms with Crippen LogP contribution in [0.4, 0.5) is 10.2 Å². The van der Waals surface area contributed by atoms with Crippen molar-refractivity contribution < 1.29 is 9.18 Å². The number of primary amides is 1. The van der Waals surface area contributed by atoms with E-state index in [9.17, 15) is 9.18 Å². The van der Waals surface area contributed by atoms with E-state index < -0.39 is 5.91 Å². The van der Waals surface area contributed by atoms with Crippen LogP contribution in [-0.2, 0) is 0 Å². The minimum Gasteiger partial charge on any atom is -0.365 e. The molecule has 1 aromatic carbocycles. The molecule has 0 aliphatic carbocycles. The predicted octanol–water partition coefficient (Wildman–Crippen LogP) is 2.64. The van der Waals surface area contributed by atoms with Crippen LogP contribution in [0.1, 0.15) is 29.6 Å². The maximum absolute atomic E-state index is 11.9. The highest BCUT2D eigenvalue weighted by molar-refractivity contribution is 5.98. The molecule has 2 N–H and O–H groups in total. The van der Waals surface area contributed by atoms with Gasteiger partial charge in [-0.2, -0.15) is 5.10 Å². The number of hydrogen-bond donors (Lipinski definition) is 1. The number of fused-ring (bicyclic) bond motifs is 1. The molecule has 1 amide bonds. The Morgan fingerprint density at radius 1 is 1.08 bits per heavy atom. The number of aromatic nitrogens is 3. The highest BCUT2D eigenvalue weighted by atomic mass is 19.1. The number of amides is 1. The van der Waals surface area contributed by atoms with Crippen LogP contribution in [0.5, 0.6) is 0 Å². The van der Waals surface area contributed by atoms with Crippen LogP contribution >= 0.6 is 0 Å². The second-order valence-electron chi connectivity index (χ2n) is 5.82. The molecule has 1 saturated heterocycles. The average Bonchev–Trinajstić information content (AvgIpc) is 3.07. The Balaban J connectivity index is 0.000000219. The van der Waals surface area contributed by atoms with E-state index >= 15 is 0 Å². The predicted molar refractivity (Wildman–Crippen MR) is 94.0 cm³/mol. The Morgan fingerprint density at radius 2 is 1.80 bits per heavy atom. The molecule has 1 aliphatic heterocycles. The van der Waals surface area contributed by atoms with Gasteiger partial charge in [-0.15, -0.1) is 0 Å². The van der Waals surface area contributed by atoms with Crippen LogP contribution in [0.25, 0.3) is 5.65 Å². The second-order valence-corrected chi connectivity index (χ2v) is 5.82. The zero-order valence-electron chi connectivity index (χ0n) is 13.8. The monoisotopic (exact) mass is 341 g/mol. The summed E-state index contributed by atoms with van der Waals surface area (Å²) in [6.07, 6.45) is 6.94. The fourth-order valence-electron chi connectivity index (χ4n) is 2.75. The number of benzene rings is 1. The van der Waals surface area contributed by atoms with Gasteiger partial charge in [0.1, 0.15) is 17.2 Å². The van der Waals surface area contributed by atoms with Crippen LogP contribution in [0.3, 0.4) is 0 Å². The van der Waals surface area contributed by atoms with Crippen LogP contribution < -0.4 is 10.6 Å². The second kappa shape index (κ2) is 7.74. The molecule has 130 valence electrons. The van der Waals surface area contributed by atoms with Crippen molar-refractivity contribution in [2.24, 2.45) is 5.73 Å². The number of nitrogens with zero attached hydrogens (tertiary/aromatic N) is 4. The van der Waals surface area contributed by atoms with Gasteiger partial charge in [0.15, 0.2) is 5.65 Å². The Kier molecular flexibility index (Phi) is 5.23. The van der Waals surface area contributed by atoms with Gasteiger partial charge in [-0.1, -0.05) is 18.2 Å². The van der Waals surface area contributed by atoms with Crippen LogP contribution in [0.15, 0.2) is 48.8 Å². The van der Waals surface area contributed by atoms with Gasteiger partial charge in [-0.05, 0) is 37.5 Å². The summed E-state index contributed by atoms with van der Waals surface area (Å²) in [4.78, 5) is 18.0. The molecule has 0 radical (unpaired) electrons. The maximum atomic E-state index is 11.9. The van der Waals surface area contributed by atoms with Crippen molar-refractivity contribution in [2.45, 2.75) is 19.3 Å². The smallest absolute Gasteiger partial charge is 0.254 e. The molecule has 2 aromatic heterocycles. The number of rotatable bonds is 2. The normalized spacial score (nSPS) is 14.0. The summed E-state index contributed by atoms with van der Waals surface area (Å²) in [5, 5.41) is 4.06. The third-order valence-electron chi connectivity index (χ3n) is 4.03. The van der Waals surface area contributed by atoms with Gasteiger partial charge in [0.25, 0.3) is 5.91 Å². The van der Waals surface area contributed by atoms with Gasteiger partial charge in [-0.25, -0.2) is 13.9 Å². The van der Waals surface area contributed by atoms with Gasteiger partial charge < -0.3 is 10.6 Å². The highest BCUT2D eigenvalue weighted by Crippen LogP contribution is 2.19. The quantitative estimate of drug-likeness (QED) is 0.777. The van der Waals surface area contributed by atoms with Gasteiger partial charge >= 0.3 is 0 Å². The Hall–Kier alpha value is -2.96. The van der Waals surface area contributed by atoms with E-state index in [2.05, 4.69) is 15.0 Å². The summed E-state index contributed by atoms with van der Waals surface area (Å²) in [5.41, 5.74) is 6.21.